The normalized spacial score (nSPS) is 13.7. The molecule has 1 aromatic carbocycles. The SMILES string of the molecule is CCC(CC)[C@H](Oc1cc(F)cc(Cl)c1)[C@H](C)OC(=O)[C@H](CC(C)C)NC(=O)c1nccc(OC)c1O. The van der Waals surface area contributed by atoms with Crippen LogP contribution >= 0.6 is 11.6 Å². The van der Waals surface area contributed by atoms with Crippen molar-refractivity contribution in [1.29, 1.82) is 0 Å². The number of carbonyl (C=O) groups excluding carboxylic acids is 2. The van der Waals surface area contributed by atoms with E-state index in [2.05, 4.69) is 10.3 Å². The summed E-state index contributed by atoms with van der Waals surface area (Å²) in [6, 6.07) is 4.32. The van der Waals surface area contributed by atoms with Crippen molar-refractivity contribution in [2.75, 3.05) is 7.11 Å². The predicted octanol–water partition coefficient (Wildman–Crippen LogP) is 5.55. The summed E-state index contributed by atoms with van der Waals surface area (Å²) < 4.78 is 30.8. The number of halogens is 2. The van der Waals surface area contributed by atoms with Crippen molar-refractivity contribution in [2.24, 2.45) is 11.8 Å². The molecule has 0 aliphatic rings. The zero-order chi connectivity index (χ0) is 27.7. The average Bonchev–Trinajstić information content (AvgIpc) is 2.82. The van der Waals surface area contributed by atoms with Gasteiger partial charge in [0, 0.05) is 23.4 Å². The first-order valence-electron chi connectivity index (χ1n) is 12.4. The molecule has 8 nitrogen and oxygen atoms in total. The summed E-state index contributed by atoms with van der Waals surface area (Å²) >= 11 is 5.99. The Morgan fingerprint density at radius 2 is 1.84 bits per heavy atom. The molecule has 0 aliphatic carbocycles. The van der Waals surface area contributed by atoms with E-state index in [1.54, 1.807) is 6.92 Å². The minimum atomic E-state index is -1.01. The predicted molar refractivity (Wildman–Crippen MR) is 139 cm³/mol. The van der Waals surface area contributed by atoms with Crippen molar-refractivity contribution >= 4 is 23.5 Å². The van der Waals surface area contributed by atoms with Crippen LogP contribution in [0.3, 0.4) is 0 Å². The Hall–Kier alpha value is -3.07. The number of nitrogens with zero attached hydrogens (tertiary/aromatic N) is 1. The molecule has 0 saturated carbocycles. The van der Waals surface area contributed by atoms with Crippen molar-refractivity contribution in [1.82, 2.24) is 10.3 Å². The zero-order valence-corrected chi connectivity index (χ0v) is 22.8. The van der Waals surface area contributed by atoms with E-state index in [1.807, 2.05) is 27.7 Å². The fourth-order valence-corrected chi connectivity index (χ4v) is 4.31. The molecule has 0 unspecified atom stereocenters. The number of benzene rings is 1. The van der Waals surface area contributed by atoms with Crippen LogP contribution in [0.4, 0.5) is 4.39 Å². The number of carbonyl (C=O) groups is 2. The Morgan fingerprint density at radius 1 is 1.16 bits per heavy atom. The van der Waals surface area contributed by atoms with E-state index in [9.17, 15) is 19.1 Å². The van der Waals surface area contributed by atoms with E-state index in [0.29, 0.717) is 0 Å². The number of rotatable bonds is 13. The lowest BCUT2D eigenvalue weighted by Crippen LogP contribution is -2.47. The van der Waals surface area contributed by atoms with Gasteiger partial charge in [0.25, 0.3) is 5.91 Å². The maximum atomic E-state index is 13.9. The molecular formula is C27H36ClFN2O6. The van der Waals surface area contributed by atoms with Gasteiger partial charge >= 0.3 is 5.97 Å². The third-order valence-corrected chi connectivity index (χ3v) is 6.22. The van der Waals surface area contributed by atoms with Gasteiger partial charge in [-0.25, -0.2) is 14.2 Å². The molecule has 2 aromatic rings. The number of hydrogen-bond acceptors (Lipinski definition) is 7. The molecule has 1 heterocycles. The fourth-order valence-electron chi connectivity index (χ4n) is 4.09. The van der Waals surface area contributed by atoms with Crippen LogP contribution in [-0.2, 0) is 9.53 Å². The van der Waals surface area contributed by atoms with Crippen LogP contribution in [0.25, 0.3) is 0 Å². The summed E-state index contributed by atoms with van der Waals surface area (Å²) in [6.07, 6.45) is 1.77. The number of amides is 1. The van der Waals surface area contributed by atoms with Crippen LogP contribution in [0.5, 0.6) is 17.2 Å². The summed E-state index contributed by atoms with van der Waals surface area (Å²) in [7, 11) is 1.35. The molecule has 0 radical (unpaired) electrons. The van der Waals surface area contributed by atoms with Gasteiger partial charge in [0.1, 0.15) is 29.8 Å². The highest BCUT2D eigenvalue weighted by atomic mass is 35.5. The minimum absolute atomic E-state index is 0.000846. The second-order valence-electron chi connectivity index (χ2n) is 9.27. The first kappa shape index (κ1) is 30.2. The number of esters is 1. The monoisotopic (exact) mass is 538 g/mol. The average molecular weight is 539 g/mol. The van der Waals surface area contributed by atoms with Crippen molar-refractivity contribution in [3.8, 4) is 17.2 Å². The Labute approximate surface area is 222 Å². The number of hydrogen-bond donors (Lipinski definition) is 2. The molecule has 0 saturated heterocycles. The zero-order valence-electron chi connectivity index (χ0n) is 22.1. The van der Waals surface area contributed by atoms with Gasteiger partial charge in [-0.15, -0.1) is 0 Å². The van der Waals surface area contributed by atoms with E-state index in [4.69, 9.17) is 25.8 Å². The van der Waals surface area contributed by atoms with Crippen molar-refractivity contribution in [3.05, 3.63) is 47.0 Å². The standard InChI is InChI=1S/C27H36ClFN2O6/c1-7-17(8-2)25(37-20-13-18(28)12-19(29)14-20)16(5)36-27(34)21(11-15(3)4)31-26(33)23-24(32)22(35-6)9-10-30-23/h9-10,12-17,21,25,32H,7-8,11H2,1-6H3,(H,31,33)/t16-,21-,25+/m0/s1. The molecule has 204 valence electrons. The van der Waals surface area contributed by atoms with E-state index < -0.39 is 41.7 Å². The van der Waals surface area contributed by atoms with Crippen LogP contribution in [-0.4, -0.2) is 47.3 Å². The van der Waals surface area contributed by atoms with Gasteiger partial charge < -0.3 is 24.6 Å². The largest absolute Gasteiger partial charge is 0.503 e. The van der Waals surface area contributed by atoms with E-state index in [-0.39, 0.29) is 40.5 Å². The smallest absolute Gasteiger partial charge is 0.329 e. The molecule has 0 aliphatic heterocycles. The lowest BCUT2D eigenvalue weighted by atomic mass is 9.93. The summed E-state index contributed by atoms with van der Waals surface area (Å²) in [5, 5.41) is 13.1. The molecule has 1 amide bonds. The number of aromatic nitrogens is 1. The summed E-state index contributed by atoms with van der Waals surface area (Å²) in [6.45, 7) is 9.49. The number of nitrogens with one attached hydrogen (secondary N) is 1. The van der Waals surface area contributed by atoms with E-state index in [1.165, 1.54) is 37.6 Å². The van der Waals surface area contributed by atoms with Crippen LogP contribution in [0.2, 0.25) is 5.02 Å². The molecule has 2 N–H and O–H groups in total. The lowest BCUT2D eigenvalue weighted by Gasteiger charge is -2.32. The summed E-state index contributed by atoms with van der Waals surface area (Å²) in [4.78, 5) is 30.1. The number of pyridine rings is 1. The van der Waals surface area contributed by atoms with E-state index >= 15 is 0 Å². The molecule has 3 atom stereocenters. The summed E-state index contributed by atoms with van der Waals surface area (Å²) in [5.41, 5.74) is -0.268. The molecule has 0 fully saturated rings. The van der Waals surface area contributed by atoms with Crippen LogP contribution in [0, 0.1) is 17.7 Å². The summed E-state index contributed by atoms with van der Waals surface area (Å²) in [5.74, 6) is -2.01. The first-order chi connectivity index (χ1) is 17.5. The quantitative estimate of drug-likeness (QED) is 0.322. The highest BCUT2D eigenvalue weighted by Crippen LogP contribution is 2.29. The van der Waals surface area contributed by atoms with Crippen LogP contribution in [0.1, 0.15) is 64.4 Å². The molecule has 1 aromatic heterocycles. The van der Waals surface area contributed by atoms with Crippen LogP contribution < -0.4 is 14.8 Å². The van der Waals surface area contributed by atoms with Crippen molar-refractivity contribution in [2.45, 2.75) is 72.1 Å². The fraction of sp³-hybridized carbons (Fsp3) is 0.519. The van der Waals surface area contributed by atoms with Gasteiger partial charge in [-0.2, -0.15) is 0 Å². The van der Waals surface area contributed by atoms with Gasteiger partial charge in [-0.1, -0.05) is 39.3 Å². The van der Waals surface area contributed by atoms with Gasteiger partial charge in [-0.05, 0) is 50.2 Å². The number of ether oxygens (including phenoxy) is 3. The van der Waals surface area contributed by atoms with Crippen molar-refractivity contribution in [3.63, 3.8) is 0 Å². The second kappa shape index (κ2) is 14.0. The highest BCUT2D eigenvalue weighted by Gasteiger charge is 2.33. The molecule has 2 rings (SSSR count). The molecular weight excluding hydrogens is 503 g/mol. The Kier molecular flexibility index (Phi) is 11.4. The topological polar surface area (TPSA) is 107 Å². The Morgan fingerprint density at radius 3 is 2.41 bits per heavy atom. The minimum Gasteiger partial charge on any atom is -0.503 e. The second-order valence-corrected chi connectivity index (χ2v) is 9.71. The lowest BCUT2D eigenvalue weighted by molar-refractivity contribution is -0.157. The third kappa shape index (κ3) is 8.49. The van der Waals surface area contributed by atoms with Crippen LogP contribution in [0.15, 0.2) is 30.5 Å². The first-order valence-corrected chi connectivity index (χ1v) is 12.7. The van der Waals surface area contributed by atoms with Gasteiger partial charge in [-0.3, -0.25) is 4.79 Å². The highest BCUT2D eigenvalue weighted by molar-refractivity contribution is 6.30. The number of methoxy groups -OCH3 is 1. The van der Waals surface area contributed by atoms with Gasteiger partial charge in [0.2, 0.25) is 0 Å². The number of aromatic hydroxyl groups is 1. The molecule has 37 heavy (non-hydrogen) atoms. The Bertz CT molecular complexity index is 1040. The third-order valence-electron chi connectivity index (χ3n) is 6.01. The van der Waals surface area contributed by atoms with Crippen molar-refractivity contribution < 1.29 is 33.3 Å². The molecule has 10 heteroatoms. The maximum Gasteiger partial charge on any atom is 0.329 e. The van der Waals surface area contributed by atoms with Gasteiger partial charge in [0.15, 0.2) is 17.2 Å². The van der Waals surface area contributed by atoms with E-state index in [0.717, 1.165) is 12.8 Å². The van der Waals surface area contributed by atoms with Gasteiger partial charge in [0.05, 0.1) is 7.11 Å². The molecule has 0 spiro atoms. The Balaban J connectivity index is 2.25. The molecule has 0 bridgehead atoms. The maximum absolute atomic E-state index is 13.9.